The third-order valence-electron chi connectivity index (χ3n) is 5.07. The topological polar surface area (TPSA) is 67.6 Å². The molecule has 0 spiro atoms. The van der Waals surface area contributed by atoms with Crippen LogP contribution in [0.25, 0.3) is 0 Å². The van der Waals surface area contributed by atoms with Crippen LogP contribution in [-0.2, 0) is 0 Å². The lowest BCUT2D eigenvalue weighted by atomic mass is 9.79. The second kappa shape index (κ2) is 6.22. The van der Waals surface area contributed by atoms with Crippen LogP contribution in [0.5, 0.6) is 11.1 Å². The highest BCUT2D eigenvalue weighted by atomic mass is 32.1. The summed E-state index contributed by atoms with van der Waals surface area (Å²) >= 11 is 1.31. The average molecular weight is 347 g/mol. The number of nitrogens with one attached hydrogen (secondary N) is 1. The van der Waals surface area contributed by atoms with E-state index < -0.39 is 0 Å². The summed E-state index contributed by atoms with van der Waals surface area (Å²) in [5.74, 6) is 0.573. The van der Waals surface area contributed by atoms with E-state index in [9.17, 15) is 4.79 Å². The molecule has 0 saturated carbocycles. The standard InChI is InChI=1S/C17H21N3O3S/c1-10-9-22-17(18-10)23-14-4-3-13(24-14)16(21)19-15-11(2)20-7-5-12(15)6-8-20/h3-4,9,11-12,15H,5-8H2,1-2H3,(H,19,21)/t11-,15-/m0/s1. The van der Waals surface area contributed by atoms with Crippen molar-refractivity contribution in [2.45, 2.75) is 38.8 Å². The van der Waals surface area contributed by atoms with E-state index in [0.29, 0.717) is 21.9 Å². The molecule has 2 aromatic heterocycles. The lowest BCUT2D eigenvalue weighted by Gasteiger charge is -2.49. The molecule has 1 amide bonds. The van der Waals surface area contributed by atoms with Crippen LogP contribution >= 0.6 is 11.3 Å². The normalized spacial score (nSPS) is 28.8. The molecule has 3 aliphatic heterocycles. The first kappa shape index (κ1) is 15.7. The monoisotopic (exact) mass is 347 g/mol. The number of carbonyl (C=O) groups excluding carboxylic acids is 1. The van der Waals surface area contributed by atoms with Gasteiger partial charge in [-0.1, -0.05) is 11.3 Å². The highest BCUT2D eigenvalue weighted by molar-refractivity contribution is 7.15. The number of thiophene rings is 1. The molecule has 1 N–H and O–H groups in total. The number of oxazole rings is 1. The maximum absolute atomic E-state index is 12.6. The molecule has 128 valence electrons. The predicted octanol–water partition coefficient (Wildman–Crippen LogP) is 3.05. The Morgan fingerprint density at radius 3 is 2.88 bits per heavy atom. The Balaban J connectivity index is 1.41. The molecule has 2 aromatic rings. The molecule has 3 saturated heterocycles. The van der Waals surface area contributed by atoms with Crippen molar-refractivity contribution in [2.75, 3.05) is 13.1 Å². The van der Waals surface area contributed by atoms with Gasteiger partial charge in [-0.2, -0.15) is 4.98 Å². The summed E-state index contributed by atoms with van der Waals surface area (Å²) in [4.78, 5) is 19.8. The molecule has 0 radical (unpaired) electrons. The fourth-order valence-corrected chi connectivity index (χ4v) is 4.48. The summed E-state index contributed by atoms with van der Waals surface area (Å²) in [6.07, 6.45) is 4.09. The van der Waals surface area contributed by atoms with Gasteiger partial charge in [-0.3, -0.25) is 9.69 Å². The molecule has 24 heavy (non-hydrogen) atoms. The Hall–Kier alpha value is -1.86. The van der Waals surface area contributed by atoms with Crippen molar-refractivity contribution < 1.29 is 13.9 Å². The predicted molar refractivity (Wildman–Crippen MR) is 90.6 cm³/mol. The number of amides is 1. The van der Waals surface area contributed by atoms with Crippen molar-refractivity contribution >= 4 is 17.2 Å². The van der Waals surface area contributed by atoms with E-state index >= 15 is 0 Å². The van der Waals surface area contributed by atoms with Crippen LogP contribution in [0.15, 0.2) is 22.8 Å². The summed E-state index contributed by atoms with van der Waals surface area (Å²) in [5, 5.41) is 3.83. The average Bonchev–Trinajstić information content (AvgIpc) is 3.21. The maximum atomic E-state index is 12.6. The summed E-state index contributed by atoms with van der Waals surface area (Å²) < 4.78 is 10.7. The number of aryl methyl sites for hydroxylation is 1. The van der Waals surface area contributed by atoms with Gasteiger partial charge in [-0.05, 0) is 57.8 Å². The van der Waals surface area contributed by atoms with E-state index in [1.807, 2.05) is 6.92 Å². The Bertz CT molecular complexity index is 731. The van der Waals surface area contributed by atoms with Gasteiger partial charge in [-0.15, -0.1) is 0 Å². The zero-order valence-corrected chi connectivity index (χ0v) is 14.6. The summed E-state index contributed by atoms with van der Waals surface area (Å²) in [6, 6.07) is 4.21. The maximum Gasteiger partial charge on any atom is 0.400 e. The number of nitrogens with zero attached hydrogens (tertiary/aromatic N) is 2. The highest BCUT2D eigenvalue weighted by Gasteiger charge is 2.40. The molecule has 0 unspecified atom stereocenters. The lowest BCUT2D eigenvalue weighted by Crippen LogP contribution is -2.62. The van der Waals surface area contributed by atoms with Crippen LogP contribution in [0.3, 0.4) is 0 Å². The summed E-state index contributed by atoms with van der Waals surface area (Å²) in [6.45, 7) is 6.36. The van der Waals surface area contributed by atoms with Gasteiger partial charge in [0.2, 0.25) is 0 Å². The zero-order valence-electron chi connectivity index (χ0n) is 13.8. The molecule has 5 heterocycles. The SMILES string of the molecule is Cc1coc(Oc2ccc(C(=O)N[C@@H]3C4CCN(CC4)[C@H]3C)s2)n1. The second-order valence-corrected chi connectivity index (χ2v) is 7.64. The second-order valence-electron chi connectivity index (χ2n) is 6.59. The van der Waals surface area contributed by atoms with Gasteiger partial charge in [0, 0.05) is 12.1 Å². The molecule has 7 heteroatoms. The molecule has 0 aromatic carbocycles. The van der Waals surface area contributed by atoms with Gasteiger partial charge in [0.1, 0.15) is 6.26 Å². The molecule has 2 atom stereocenters. The van der Waals surface area contributed by atoms with Crippen LogP contribution in [0.4, 0.5) is 0 Å². The first-order valence-electron chi connectivity index (χ1n) is 8.35. The minimum absolute atomic E-state index is 0.0240. The van der Waals surface area contributed by atoms with Gasteiger partial charge < -0.3 is 14.5 Å². The Morgan fingerprint density at radius 1 is 1.42 bits per heavy atom. The van der Waals surface area contributed by atoms with E-state index in [4.69, 9.17) is 9.15 Å². The summed E-state index contributed by atoms with van der Waals surface area (Å²) in [5.41, 5.74) is 0.760. The van der Waals surface area contributed by atoms with Gasteiger partial charge in [-0.25, -0.2) is 0 Å². The van der Waals surface area contributed by atoms with E-state index in [-0.39, 0.29) is 18.0 Å². The lowest BCUT2D eigenvalue weighted by molar-refractivity contribution is 0.0218. The molecule has 6 nitrogen and oxygen atoms in total. The minimum atomic E-state index is -0.0240. The van der Waals surface area contributed by atoms with E-state index in [2.05, 4.69) is 22.1 Å². The number of fused-ring (bicyclic) bond motifs is 3. The van der Waals surface area contributed by atoms with Crippen LogP contribution in [0.1, 0.15) is 35.1 Å². The van der Waals surface area contributed by atoms with Crippen LogP contribution in [0, 0.1) is 12.8 Å². The fraction of sp³-hybridized carbons (Fsp3) is 0.529. The van der Waals surface area contributed by atoms with E-state index in [1.165, 1.54) is 30.4 Å². The minimum Gasteiger partial charge on any atom is -0.417 e. The number of hydrogen-bond acceptors (Lipinski definition) is 6. The van der Waals surface area contributed by atoms with Gasteiger partial charge >= 0.3 is 6.08 Å². The van der Waals surface area contributed by atoms with Crippen molar-refractivity contribution in [1.29, 1.82) is 0 Å². The Labute approximate surface area is 144 Å². The van der Waals surface area contributed by atoms with E-state index in [0.717, 1.165) is 18.8 Å². The van der Waals surface area contributed by atoms with Crippen molar-refractivity contribution in [3.63, 3.8) is 0 Å². The van der Waals surface area contributed by atoms with Crippen LogP contribution in [0.2, 0.25) is 0 Å². The van der Waals surface area contributed by atoms with Gasteiger partial charge in [0.05, 0.1) is 10.6 Å². The van der Waals surface area contributed by atoms with Crippen LogP contribution in [-0.4, -0.2) is 41.0 Å². The van der Waals surface area contributed by atoms with Crippen molar-refractivity contribution in [3.8, 4) is 11.1 Å². The number of carbonyl (C=O) groups is 1. The van der Waals surface area contributed by atoms with Crippen molar-refractivity contribution in [1.82, 2.24) is 15.2 Å². The molecule has 0 aliphatic carbocycles. The molecular formula is C17H21N3O3S. The summed E-state index contributed by atoms with van der Waals surface area (Å²) in [7, 11) is 0. The Kier molecular flexibility index (Phi) is 4.05. The third kappa shape index (κ3) is 2.93. The van der Waals surface area contributed by atoms with E-state index in [1.54, 1.807) is 12.1 Å². The Morgan fingerprint density at radius 2 is 2.21 bits per heavy atom. The number of aromatic nitrogens is 1. The fourth-order valence-electron chi connectivity index (χ4n) is 3.73. The van der Waals surface area contributed by atoms with Crippen LogP contribution < -0.4 is 10.1 Å². The smallest absolute Gasteiger partial charge is 0.400 e. The number of rotatable bonds is 4. The number of hydrogen-bond donors (Lipinski definition) is 1. The zero-order chi connectivity index (χ0) is 16.7. The number of ether oxygens (including phenoxy) is 1. The first-order chi connectivity index (χ1) is 11.6. The molecule has 5 rings (SSSR count). The van der Waals surface area contributed by atoms with Crippen molar-refractivity contribution in [3.05, 3.63) is 29.0 Å². The molecule has 2 bridgehead atoms. The highest BCUT2D eigenvalue weighted by Crippen LogP contribution is 2.33. The van der Waals surface area contributed by atoms with Gasteiger partial charge in [0.15, 0.2) is 5.06 Å². The molecular weight excluding hydrogens is 326 g/mol. The van der Waals surface area contributed by atoms with Crippen molar-refractivity contribution in [2.24, 2.45) is 5.92 Å². The quantitative estimate of drug-likeness (QED) is 0.921. The third-order valence-corrected chi connectivity index (χ3v) is 6.03. The van der Waals surface area contributed by atoms with Gasteiger partial charge in [0.25, 0.3) is 5.91 Å². The largest absolute Gasteiger partial charge is 0.417 e. The first-order valence-corrected chi connectivity index (χ1v) is 9.16. The molecule has 3 aliphatic rings. The number of piperidine rings is 3. The molecule has 3 fully saturated rings.